The van der Waals surface area contributed by atoms with Gasteiger partial charge in [0.05, 0.1) is 10.8 Å². The quantitative estimate of drug-likeness (QED) is 0.802. The van der Waals surface area contributed by atoms with Crippen molar-refractivity contribution in [2.75, 3.05) is 12.3 Å². The third kappa shape index (κ3) is 3.03. The summed E-state index contributed by atoms with van der Waals surface area (Å²) in [5.41, 5.74) is 0. The van der Waals surface area contributed by atoms with E-state index in [4.69, 9.17) is 11.6 Å². The summed E-state index contributed by atoms with van der Waals surface area (Å²) in [5.74, 6) is -0.643. The van der Waals surface area contributed by atoms with Gasteiger partial charge in [-0.25, -0.2) is 4.39 Å². The number of nitrogens with zero attached hydrogens (tertiary/aromatic N) is 1. The van der Waals surface area contributed by atoms with Crippen molar-refractivity contribution >= 4 is 35.2 Å². The maximum atomic E-state index is 12.9. The van der Waals surface area contributed by atoms with Gasteiger partial charge < -0.3 is 0 Å². The van der Waals surface area contributed by atoms with E-state index in [1.54, 1.807) is 6.07 Å². The van der Waals surface area contributed by atoms with Crippen molar-refractivity contribution in [2.45, 2.75) is 17.7 Å². The normalized spacial score (nSPS) is 15.2. The highest BCUT2D eigenvalue weighted by molar-refractivity contribution is 8.00. The zero-order chi connectivity index (χ0) is 13.1. The van der Waals surface area contributed by atoms with Crippen LogP contribution in [0.2, 0.25) is 5.02 Å². The third-order valence-corrected chi connectivity index (χ3v) is 3.90. The average molecular weight is 288 g/mol. The third-order valence-electron chi connectivity index (χ3n) is 2.63. The highest BCUT2D eigenvalue weighted by Crippen LogP contribution is 2.24. The Hall–Kier alpha value is -1.07. The van der Waals surface area contributed by atoms with Crippen molar-refractivity contribution in [1.29, 1.82) is 0 Å². The molecule has 0 aliphatic carbocycles. The van der Waals surface area contributed by atoms with Crippen LogP contribution in [0.25, 0.3) is 0 Å². The SMILES string of the molecule is O=C1CCCN1C(=O)CSc1ccc(F)c(Cl)c1. The monoisotopic (exact) mass is 287 g/mol. The zero-order valence-electron chi connectivity index (χ0n) is 9.49. The molecule has 18 heavy (non-hydrogen) atoms. The maximum absolute atomic E-state index is 12.9. The van der Waals surface area contributed by atoms with Gasteiger partial charge in [0.15, 0.2) is 0 Å². The Kier molecular flexibility index (Phi) is 4.24. The lowest BCUT2D eigenvalue weighted by Crippen LogP contribution is -2.33. The van der Waals surface area contributed by atoms with Gasteiger partial charge in [0.25, 0.3) is 0 Å². The minimum Gasteiger partial charge on any atom is -0.282 e. The maximum Gasteiger partial charge on any atom is 0.239 e. The highest BCUT2D eigenvalue weighted by atomic mass is 35.5. The molecule has 1 aliphatic heterocycles. The molecule has 0 bridgehead atoms. The molecule has 1 fully saturated rings. The number of hydrogen-bond donors (Lipinski definition) is 0. The summed E-state index contributed by atoms with van der Waals surface area (Å²) in [5, 5.41) is 0.0321. The molecule has 0 atom stereocenters. The number of halogens is 2. The van der Waals surface area contributed by atoms with E-state index in [1.807, 2.05) is 0 Å². The van der Waals surface area contributed by atoms with Crippen LogP contribution in [-0.4, -0.2) is 29.0 Å². The molecule has 1 heterocycles. The molecule has 1 saturated heterocycles. The van der Waals surface area contributed by atoms with Gasteiger partial charge in [0.2, 0.25) is 11.8 Å². The lowest BCUT2D eigenvalue weighted by molar-refractivity contribution is -0.140. The van der Waals surface area contributed by atoms with Gasteiger partial charge in [-0.05, 0) is 24.6 Å². The van der Waals surface area contributed by atoms with Gasteiger partial charge in [-0.3, -0.25) is 14.5 Å². The first-order valence-corrected chi connectivity index (χ1v) is 6.85. The van der Waals surface area contributed by atoms with Gasteiger partial charge in [0, 0.05) is 17.9 Å². The van der Waals surface area contributed by atoms with Crippen LogP contribution in [0.15, 0.2) is 23.1 Å². The highest BCUT2D eigenvalue weighted by Gasteiger charge is 2.25. The van der Waals surface area contributed by atoms with E-state index in [0.29, 0.717) is 17.9 Å². The second-order valence-electron chi connectivity index (χ2n) is 3.91. The van der Waals surface area contributed by atoms with Crippen LogP contribution in [-0.2, 0) is 9.59 Å². The summed E-state index contributed by atoms with van der Waals surface area (Å²) < 4.78 is 12.9. The second-order valence-corrected chi connectivity index (χ2v) is 5.36. The van der Waals surface area contributed by atoms with Gasteiger partial charge in [-0.1, -0.05) is 11.6 Å². The van der Waals surface area contributed by atoms with E-state index in [0.717, 1.165) is 6.42 Å². The fraction of sp³-hybridized carbons (Fsp3) is 0.333. The van der Waals surface area contributed by atoms with E-state index in [-0.39, 0.29) is 22.6 Å². The Morgan fingerprint density at radius 2 is 2.28 bits per heavy atom. The van der Waals surface area contributed by atoms with Crippen molar-refractivity contribution < 1.29 is 14.0 Å². The molecule has 3 nitrogen and oxygen atoms in total. The van der Waals surface area contributed by atoms with E-state index >= 15 is 0 Å². The first-order valence-electron chi connectivity index (χ1n) is 5.49. The Labute approximate surface area is 113 Å². The van der Waals surface area contributed by atoms with Crippen molar-refractivity contribution in [1.82, 2.24) is 4.90 Å². The van der Waals surface area contributed by atoms with Crippen molar-refractivity contribution in [2.24, 2.45) is 0 Å². The van der Waals surface area contributed by atoms with Gasteiger partial charge in [-0.2, -0.15) is 0 Å². The molecule has 6 heteroatoms. The van der Waals surface area contributed by atoms with Crippen LogP contribution in [0.3, 0.4) is 0 Å². The molecule has 0 spiro atoms. The molecule has 0 radical (unpaired) electrons. The lowest BCUT2D eigenvalue weighted by atomic mass is 10.3. The number of likely N-dealkylation sites (tertiary alicyclic amines) is 1. The number of amides is 2. The Morgan fingerprint density at radius 1 is 1.50 bits per heavy atom. The van der Waals surface area contributed by atoms with Crippen molar-refractivity contribution in [3.05, 3.63) is 29.0 Å². The van der Waals surface area contributed by atoms with E-state index in [1.165, 1.54) is 28.8 Å². The summed E-state index contributed by atoms with van der Waals surface area (Å²) in [7, 11) is 0. The van der Waals surface area contributed by atoms with Crippen LogP contribution in [0.4, 0.5) is 4.39 Å². The molecule has 1 aliphatic rings. The van der Waals surface area contributed by atoms with Crippen LogP contribution < -0.4 is 0 Å². The molecular formula is C12H11ClFNO2S. The molecule has 0 saturated carbocycles. The first-order chi connectivity index (χ1) is 8.58. The zero-order valence-corrected chi connectivity index (χ0v) is 11.1. The average Bonchev–Trinajstić information content (AvgIpc) is 2.77. The molecule has 1 aromatic carbocycles. The minimum absolute atomic E-state index is 0.0321. The van der Waals surface area contributed by atoms with E-state index in [2.05, 4.69) is 0 Å². The van der Waals surface area contributed by atoms with Crippen LogP contribution in [0, 0.1) is 5.82 Å². The summed E-state index contributed by atoms with van der Waals surface area (Å²) >= 11 is 6.89. The first kappa shape index (κ1) is 13.4. The predicted molar refractivity (Wildman–Crippen MR) is 68.1 cm³/mol. The number of carbonyl (C=O) groups excluding carboxylic acids is 2. The standard InChI is InChI=1S/C12H11ClFNO2S/c13-9-6-8(3-4-10(9)14)18-7-12(17)15-5-1-2-11(15)16/h3-4,6H,1-2,5,7H2. The van der Waals surface area contributed by atoms with Crippen LogP contribution in [0.1, 0.15) is 12.8 Å². The molecule has 96 valence electrons. The Balaban J connectivity index is 1.93. The molecule has 2 rings (SSSR count). The second kappa shape index (κ2) is 5.71. The molecule has 0 aromatic heterocycles. The van der Waals surface area contributed by atoms with Crippen LogP contribution >= 0.6 is 23.4 Å². The number of rotatable bonds is 3. The number of imide groups is 1. The number of thioether (sulfide) groups is 1. The van der Waals surface area contributed by atoms with Gasteiger partial charge in [0.1, 0.15) is 5.82 Å². The van der Waals surface area contributed by atoms with Gasteiger partial charge >= 0.3 is 0 Å². The summed E-state index contributed by atoms with van der Waals surface area (Å²) in [4.78, 5) is 25.1. The fourth-order valence-corrected chi connectivity index (χ4v) is 2.76. The van der Waals surface area contributed by atoms with E-state index in [9.17, 15) is 14.0 Å². The number of carbonyl (C=O) groups is 2. The summed E-state index contributed by atoms with van der Waals surface area (Å²) in [6.45, 7) is 0.502. The lowest BCUT2D eigenvalue weighted by Gasteiger charge is -2.12. The topological polar surface area (TPSA) is 37.4 Å². The van der Waals surface area contributed by atoms with Crippen LogP contribution in [0.5, 0.6) is 0 Å². The molecule has 1 aromatic rings. The van der Waals surface area contributed by atoms with E-state index < -0.39 is 5.82 Å². The molecule has 0 N–H and O–H groups in total. The van der Waals surface area contributed by atoms with Gasteiger partial charge in [-0.15, -0.1) is 11.8 Å². The minimum atomic E-state index is -0.484. The summed E-state index contributed by atoms with van der Waals surface area (Å²) in [6, 6.07) is 4.29. The Bertz CT molecular complexity index is 495. The molecule has 2 amide bonds. The number of benzene rings is 1. The predicted octanol–water partition coefficient (Wildman–Crippen LogP) is 2.72. The van der Waals surface area contributed by atoms with Crippen molar-refractivity contribution in [3.63, 3.8) is 0 Å². The molecular weight excluding hydrogens is 277 g/mol. The smallest absolute Gasteiger partial charge is 0.239 e. The Morgan fingerprint density at radius 3 is 2.89 bits per heavy atom. The molecule has 0 unspecified atom stereocenters. The fourth-order valence-electron chi connectivity index (χ4n) is 1.70. The largest absolute Gasteiger partial charge is 0.282 e. The van der Waals surface area contributed by atoms with Crippen molar-refractivity contribution in [3.8, 4) is 0 Å². The number of hydrogen-bond acceptors (Lipinski definition) is 3. The summed E-state index contributed by atoms with van der Waals surface area (Å²) in [6.07, 6.45) is 1.18.